The van der Waals surface area contributed by atoms with Crippen LogP contribution in [0.4, 0.5) is 0 Å². The van der Waals surface area contributed by atoms with Gasteiger partial charge in [-0.05, 0) is 49.3 Å². The molecule has 132 valence electrons. The van der Waals surface area contributed by atoms with E-state index in [1.165, 1.54) is 5.56 Å². The quantitative estimate of drug-likeness (QED) is 0.735. The lowest BCUT2D eigenvalue weighted by Crippen LogP contribution is -2.30. The van der Waals surface area contributed by atoms with Crippen molar-refractivity contribution in [2.45, 2.75) is 32.1 Å². The molecule has 0 saturated carbocycles. The van der Waals surface area contributed by atoms with Gasteiger partial charge in [0, 0.05) is 18.3 Å². The second-order valence-corrected chi connectivity index (χ2v) is 7.25. The summed E-state index contributed by atoms with van der Waals surface area (Å²) in [5.41, 5.74) is 3.48. The predicted octanol–water partition coefficient (Wildman–Crippen LogP) is 4.82. The van der Waals surface area contributed by atoms with Crippen molar-refractivity contribution in [2.24, 2.45) is 0 Å². The summed E-state index contributed by atoms with van der Waals surface area (Å²) in [6.07, 6.45) is 3.33. The number of aliphatic hydroxyl groups excluding tert-OH is 1. The van der Waals surface area contributed by atoms with E-state index in [-0.39, 0.29) is 0 Å². The van der Waals surface area contributed by atoms with Crippen LogP contribution >= 0.6 is 0 Å². The summed E-state index contributed by atoms with van der Waals surface area (Å²) in [5.74, 6) is 0.815. The van der Waals surface area contributed by atoms with Gasteiger partial charge in [0.05, 0.1) is 5.69 Å². The second kappa shape index (κ2) is 6.50. The van der Waals surface area contributed by atoms with Crippen molar-refractivity contribution >= 4 is 5.57 Å². The smallest absolute Gasteiger partial charge is 0.128 e. The van der Waals surface area contributed by atoms with E-state index in [2.05, 4.69) is 16.7 Å². The Morgan fingerprint density at radius 2 is 1.69 bits per heavy atom. The van der Waals surface area contributed by atoms with Crippen LogP contribution in [-0.2, 0) is 6.54 Å². The van der Waals surface area contributed by atoms with Crippen molar-refractivity contribution in [1.82, 2.24) is 4.57 Å². The van der Waals surface area contributed by atoms with E-state index in [0.29, 0.717) is 0 Å². The number of hydrogen-bond donors (Lipinski definition) is 1. The second-order valence-electron chi connectivity index (χ2n) is 7.25. The summed E-state index contributed by atoms with van der Waals surface area (Å²) in [5, 5.41) is 11.2. The number of benzene rings is 2. The molecule has 4 rings (SSSR count). The van der Waals surface area contributed by atoms with Crippen molar-refractivity contribution in [3.8, 4) is 5.75 Å². The molecule has 1 N–H and O–H groups in total. The molecule has 1 aliphatic heterocycles. The third-order valence-electron chi connectivity index (χ3n) is 4.71. The highest BCUT2D eigenvalue weighted by Crippen LogP contribution is 2.41. The highest BCUT2D eigenvalue weighted by Gasteiger charge is 2.30. The van der Waals surface area contributed by atoms with Crippen molar-refractivity contribution in [3.05, 3.63) is 95.8 Å². The minimum atomic E-state index is -0.710. The molecule has 0 aliphatic carbocycles. The summed E-state index contributed by atoms with van der Waals surface area (Å²) in [6, 6.07) is 22.2. The van der Waals surface area contributed by atoms with Gasteiger partial charge in [-0.2, -0.15) is 0 Å². The first kappa shape index (κ1) is 16.7. The monoisotopic (exact) mass is 345 g/mol. The fourth-order valence-corrected chi connectivity index (χ4v) is 3.54. The molecule has 2 aromatic carbocycles. The molecule has 1 unspecified atom stereocenters. The van der Waals surface area contributed by atoms with Gasteiger partial charge in [-0.1, -0.05) is 48.5 Å². The lowest BCUT2D eigenvalue weighted by atomic mass is 9.90. The van der Waals surface area contributed by atoms with Crippen molar-refractivity contribution < 1.29 is 9.84 Å². The van der Waals surface area contributed by atoms with E-state index < -0.39 is 11.7 Å². The zero-order valence-electron chi connectivity index (χ0n) is 15.1. The van der Waals surface area contributed by atoms with E-state index in [9.17, 15) is 5.11 Å². The van der Waals surface area contributed by atoms with Gasteiger partial charge in [-0.15, -0.1) is 0 Å². The Hall–Kier alpha value is -2.78. The van der Waals surface area contributed by atoms with Crippen LogP contribution in [0.25, 0.3) is 5.57 Å². The molecule has 0 fully saturated rings. The van der Waals surface area contributed by atoms with Gasteiger partial charge in [0.1, 0.15) is 17.5 Å². The Balaban J connectivity index is 1.71. The van der Waals surface area contributed by atoms with Gasteiger partial charge >= 0.3 is 0 Å². The highest BCUT2D eigenvalue weighted by atomic mass is 16.5. The molecule has 1 atom stereocenters. The van der Waals surface area contributed by atoms with Crippen LogP contribution in [0.5, 0.6) is 5.75 Å². The van der Waals surface area contributed by atoms with Gasteiger partial charge in [-0.25, -0.2) is 0 Å². The highest BCUT2D eigenvalue weighted by molar-refractivity contribution is 5.76. The van der Waals surface area contributed by atoms with E-state index in [4.69, 9.17) is 4.74 Å². The SMILES string of the molecule is CC1(C)C=C(C(O)c2cccn2Cc2ccccc2)c2ccccc2O1. The minimum Gasteiger partial charge on any atom is -0.483 e. The third-order valence-corrected chi connectivity index (χ3v) is 4.71. The lowest BCUT2D eigenvalue weighted by molar-refractivity contribution is 0.151. The Kier molecular flexibility index (Phi) is 4.17. The molecule has 0 amide bonds. The molecule has 3 aromatic rings. The Morgan fingerprint density at radius 3 is 2.50 bits per heavy atom. The topological polar surface area (TPSA) is 34.4 Å². The number of hydrogen-bond acceptors (Lipinski definition) is 2. The van der Waals surface area contributed by atoms with Crippen LogP contribution in [0, 0.1) is 0 Å². The molecule has 1 aliphatic rings. The van der Waals surface area contributed by atoms with Crippen molar-refractivity contribution in [1.29, 1.82) is 0 Å². The van der Waals surface area contributed by atoms with Crippen LogP contribution in [0.2, 0.25) is 0 Å². The molecule has 1 aromatic heterocycles. The average Bonchev–Trinajstić information content (AvgIpc) is 3.08. The summed E-state index contributed by atoms with van der Waals surface area (Å²) < 4.78 is 8.15. The summed E-state index contributed by atoms with van der Waals surface area (Å²) in [6.45, 7) is 4.76. The number of rotatable bonds is 4. The first-order valence-electron chi connectivity index (χ1n) is 8.92. The van der Waals surface area contributed by atoms with Crippen LogP contribution in [0.3, 0.4) is 0 Å². The molecule has 3 heteroatoms. The van der Waals surface area contributed by atoms with Crippen molar-refractivity contribution in [2.75, 3.05) is 0 Å². The van der Waals surface area contributed by atoms with E-state index in [1.807, 2.05) is 80.7 Å². The maximum atomic E-state index is 11.2. The molecule has 0 saturated heterocycles. The average molecular weight is 345 g/mol. The summed E-state index contributed by atoms with van der Waals surface area (Å²) in [4.78, 5) is 0. The Bertz CT molecular complexity index is 938. The molecule has 0 radical (unpaired) electrons. The number of nitrogens with zero attached hydrogens (tertiary/aromatic N) is 1. The van der Waals surface area contributed by atoms with Gasteiger partial charge in [0.2, 0.25) is 0 Å². The van der Waals surface area contributed by atoms with Crippen LogP contribution in [-0.4, -0.2) is 15.3 Å². The standard InChI is InChI=1S/C23H23NO2/c1-23(2)15-19(18-11-6-7-13-21(18)26-23)22(25)20-12-8-14-24(20)16-17-9-4-3-5-10-17/h3-15,22,25H,16H2,1-2H3. The molecule has 0 spiro atoms. The van der Waals surface area contributed by atoms with Crippen LogP contribution < -0.4 is 4.74 Å². The minimum absolute atomic E-state index is 0.457. The van der Waals surface area contributed by atoms with Gasteiger partial charge in [-0.3, -0.25) is 0 Å². The van der Waals surface area contributed by atoms with E-state index >= 15 is 0 Å². The largest absolute Gasteiger partial charge is 0.483 e. The molecule has 3 nitrogen and oxygen atoms in total. The normalized spacial score (nSPS) is 16.3. The van der Waals surface area contributed by atoms with Crippen LogP contribution in [0.1, 0.15) is 36.8 Å². The fourth-order valence-electron chi connectivity index (χ4n) is 3.54. The van der Waals surface area contributed by atoms with Gasteiger partial charge in [0.25, 0.3) is 0 Å². The maximum Gasteiger partial charge on any atom is 0.128 e. The van der Waals surface area contributed by atoms with E-state index in [1.54, 1.807) is 0 Å². The Morgan fingerprint density at radius 1 is 0.962 bits per heavy atom. The molecule has 2 heterocycles. The summed E-state index contributed by atoms with van der Waals surface area (Å²) >= 11 is 0. The molecular formula is C23H23NO2. The summed E-state index contributed by atoms with van der Waals surface area (Å²) in [7, 11) is 0. The number of ether oxygens (including phenoxy) is 1. The maximum absolute atomic E-state index is 11.2. The predicted molar refractivity (Wildman–Crippen MR) is 104 cm³/mol. The lowest BCUT2D eigenvalue weighted by Gasteiger charge is -2.33. The zero-order valence-corrected chi connectivity index (χ0v) is 15.1. The molecular weight excluding hydrogens is 322 g/mol. The van der Waals surface area contributed by atoms with Gasteiger partial charge in [0.15, 0.2) is 0 Å². The molecule has 26 heavy (non-hydrogen) atoms. The van der Waals surface area contributed by atoms with Gasteiger partial charge < -0.3 is 14.4 Å². The first-order valence-corrected chi connectivity index (χ1v) is 8.92. The third kappa shape index (κ3) is 3.18. The molecule has 0 bridgehead atoms. The first-order chi connectivity index (χ1) is 12.5. The number of aromatic nitrogens is 1. The Labute approximate surface area is 154 Å². The number of para-hydroxylation sites is 1. The van der Waals surface area contributed by atoms with Crippen LogP contribution in [0.15, 0.2) is 79.0 Å². The van der Waals surface area contributed by atoms with E-state index in [0.717, 1.165) is 29.1 Å². The fraction of sp³-hybridized carbons (Fsp3) is 0.217. The number of fused-ring (bicyclic) bond motifs is 1. The number of aliphatic hydroxyl groups is 1. The zero-order chi connectivity index (χ0) is 18.1. The van der Waals surface area contributed by atoms with Crippen molar-refractivity contribution in [3.63, 3.8) is 0 Å².